The molecule has 3 radical (unpaired) electrons. The third kappa shape index (κ3) is 192. The number of hydrogen-bond acceptors (Lipinski definition) is 2. The average molecular weight is 77.8 g/mol. The number of nitriles is 1. The topological polar surface area (TPSA) is 44.0 Å². The fourth-order valence-corrected chi connectivity index (χ4v) is 0. The third-order valence-electron chi connectivity index (χ3n) is 0. The van der Waals surface area contributed by atoms with E-state index >= 15 is 0 Å². The molecule has 0 aliphatic carbocycles. The normalized spacial score (nSPS) is 1.40. The van der Waals surface area contributed by atoms with Crippen molar-refractivity contribution >= 4 is 8.41 Å². The molecule has 1 N–H and O–H groups in total. The molecule has 0 saturated heterocycles. The van der Waals surface area contributed by atoms with Crippen LogP contribution in [-0.2, 0) is 0 Å². The van der Waals surface area contributed by atoms with E-state index in [-0.39, 0.29) is 39.4 Å². The zero-order valence-electron chi connectivity index (χ0n) is 3.97. The van der Waals surface area contributed by atoms with Crippen molar-refractivity contribution in [3.8, 4) is 6.26 Å². The molecule has 0 saturated carbocycles. The molecule has 0 heterocycles. The van der Waals surface area contributed by atoms with Gasteiger partial charge in [-0.05, 0) is 0 Å². The Bertz CT molecular complexity index is 37.0. The molecular formula is CH2BNNaO. The monoisotopic (exact) mass is 78.0 g/mol. The molecule has 0 aromatic rings. The van der Waals surface area contributed by atoms with Crippen LogP contribution in [0.25, 0.3) is 0 Å². The molecule has 0 bridgehead atoms. The van der Waals surface area contributed by atoms with Gasteiger partial charge < -0.3 is 6.53 Å². The van der Waals surface area contributed by atoms with E-state index < -0.39 is 0 Å². The SMILES string of the molecule is N#CO.[B].[H-].[Na+]. The maximum atomic E-state index is 6.88. The first kappa shape index (κ1) is 18.3. The first-order valence-corrected chi connectivity index (χ1v) is 0.447. The Kier molecular flexibility index (Phi) is 97.8. The van der Waals surface area contributed by atoms with Gasteiger partial charge in [0.1, 0.15) is 0 Å². The van der Waals surface area contributed by atoms with Gasteiger partial charge in [-0.25, -0.2) is 0 Å². The van der Waals surface area contributed by atoms with Gasteiger partial charge in [0.2, 0.25) is 0 Å². The summed E-state index contributed by atoms with van der Waals surface area (Å²) in [5.41, 5.74) is 0. The van der Waals surface area contributed by atoms with Crippen LogP contribution < -0.4 is 29.6 Å². The van der Waals surface area contributed by atoms with Crippen LogP contribution in [-0.4, -0.2) is 13.5 Å². The zero-order valence-corrected chi connectivity index (χ0v) is 4.97. The minimum absolute atomic E-state index is 0. The Morgan fingerprint density at radius 2 is 1.80 bits per heavy atom. The van der Waals surface area contributed by atoms with Gasteiger partial charge in [0.05, 0.1) is 0 Å². The molecule has 0 atom stereocenters. The standard InChI is InChI=1S/CHNO.B.Na.H/c2-1-3;;;/h3H;;;/q;;+1;-1. The Morgan fingerprint density at radius 1 is 1.80 bits per heavy atom. The maximum Gasteiger partial charge on any atom is 1.00 e. The summed E-state index contributed by atoms with van der Waals surface area (Å²) in [5.74, 6) is 0. The number of aliphatic hydroxyl groups is 1. The average Bonchev–Trinajstić information content (AvgIpc) is 0.918. The summed E-state index contributed by atoms with van der Waals surface area (Å²) < 4.78 is 0. The molecule has 0 fully saturated rings. The fourth-order valence-electron chi connectivity index (χ4n) is 0. The molecule has 0 aromatic carbocycles. The third-order valence-corrected chi connectivity index (χ3v) is 0. The molecule has 0 unspecified atom stereocenters. The largest absolute Gasteiger partial charge is 1.00 e. The van der Waals surface area contributed by atoms with Crippen LogP contribution in [0.1, 0.15) is 1.43 Å². The van der Waals surface area contributed by atoms with Gasteiger partial charge in [0.25, 0.3) is 6.26 Å². The van der Waals surface area contributed by atoms with Crippen molar-refractivity contribution in [2.45, 2.75) is 0 Å². The van der Waals surface area contributed by atoms with E-state index in [0.29, 0.717) is 0 Å². The van der Waals surface area contributed by atoms with E-state index in [1.165, 1.54) is 0 Å². The van der Waals surface area contributed by atoms with E-state index in [9.17, 15) is 0 Å². The van der Waals surface area contributed by atoms with Gasteiger partial charge in [-0.3, -0.25) is 0 Å². The second-order valence-electron chi connectivity index (χ2n) is 0.100. The maximum absolute atomic E-state index is 6.88. The molecule has 0 rings (SSSR count). The predicted octanol–water partition coefficient (Wildman–Crippen LogP) is -3.42. The van der Waals surface area contributed by atoms with Crippen molar-refractivity contribution in [3.05, 3.63) is 0 Å². The number of hydrogen-bond donors (Lipinski definition) is 1. The molecule has 5 heavy (non-hydrogen) atoms. The summed E-state index contributed by atoms with van der Waals surface area (Å²) in [6.07, 6.45) is 0.750. The van der Waals surface area contributed by atoms with E-state index in [1.54, 1.807) is 0 Å². The number of rotatable bonds is 0. The van der Waals surface area contributed by atoms with Crippen molar-refractivity contribution in [2.24, 2.45) is 0 Å². The summed E-state index contributed by atoms with van der Waals surface area (Å²) in [7, 11) is 0. The number of nitrogens with zero attached hydrogens (tertiary/aromatic N) is 1. The van der Waals surface area contributed by atoms with Gasteiger partial charge in [0, 0.05) is 8.41 Å². The molecule has 0 aliphatic heterocycles. The Balaban J connectivity index is -0.00000000667. The quantitative estimate of drug-likeness (QED) is 0.242. The van der Waals surface area contributed by atoms with Gasteiger partial charge >= 0.3 is 29.6 Å². The molecule has 0 aliphatic rings. The predicted molar refractivity (Wildman–Crippen MR) is 14.4 cm³/mol. The molecule has 0 amide bonds. The van der Waals surface area contributed by atoms with Crippen molar-refractivity contribution < 1.29 is 36.1 Å². The van der Waals surface area contributed by atoms with Crippen LogP contribution in [0.5, 0.6) is 0 Å². The summed E-state index contributed by atoms with van der Waals surface area (Å²) in [6.45, 7) is 0. The van der Waals surface area contributed by atoms with Crippen LogP contribution in [0.2, 0.25) is 0 Å². The molecular weight excluding hydrogens is 75.8 g/mol. The van der Waals surface area contributed by atoms with Gasteiger partial charge in [-0.15, -0.1) is 0 Å². The van der Waals surface area contributed by atoms with Crippen LogP contribution in [0.15, 0.2) is 0 Å². The van der Waals surface area contributed by atoms with Crippen LogP contribution in [0.4, 0.5) is 0 Å². The first-order valence-electron chi connectivity index (χ1n) is 0.447. The van der Waals surface area contributed by atoms with Crippen molar-refractivity contribution in [3.63, 3.8) is 0 Å². The Morgan fingerprint density at radius 3 is 1.80 bits per heavy atom. The Hall–Kier alpha value is 0.355. The van der Waals surface area contributed by atoms with E-state index in [0.717, 1.165) is 6.26 Å². The first-order chi connectivity index (χ1) is 1.41. The summed E-state index contributed by atoms with van der Waals surface area (Å²) in [4.78, 5) is 0. The smallest absolute Gasteiger partial charge is 1.00 e. The summed E-state index contributed by atoms with van der Waals surface area (Å²) >= 11 is 0. The Labute approximate surface area is 56.1 Å². The minimum Gasteiger partial charge on any atom is -1.00 e. The summed E-state index contributed by atoms with van der Waals surface area (Å²) in [5, 5.41) is 13.8. The van der Waals surface area contributed by atoms with Crippen molar-refractivity contribution in [1.29, 1.82) is 5.26 Å². The fraction of sp³-hybridized carbons (Fsp3) is 0. The second-order valence-corrected chi connectivity index (χ2v) is 0.100. The van der Waals surface area contributed by atoms with Gasteiger partial charge in [0.15, 0.2) is 0 Å². The van der Waals surface area contributed by atoms with E-state index in [1.807, 2.05) is 0 Å². The second kappa shape index (κ2) is 26.7. The summed E-state index contributed by atoms with van der Waals surface area (Å²) in [6, 6.07) is 0. The van der Waals surface area contributed by atoms with E-state index in [2.05, 4.69) is 0 Å². The molecule has 0 spiro atoms. The van der Waals surface area contributed by atoms with E-state index in [4.69, 9.17) is 10.4 Å². The molecule has 21 valence electrons. The van der Waals surface area contributed by atoms with Crippen LogP contribution >= 0.6 is 0 Å². The van der Waals surface area contributed by atoms with Crippen molar-refractivity contribution in [2.75, 3.05) is 0 Å². The van der Waals surface area contributed by atoms with Crippen LogP contribution in [0.3, 0.4) is 0 Å². The molecule has 2 nitrogen and oxygen atoms in total. The zero-order chi connectivity index (χ0) is 2.71. The molecule has 4 heteroatoms. The van der Waals surface area contributed by atoms with Gasteiger partial charge in [-0.2, -0.15) is 5.26 Å². The van der Waals surface area contributed by atoms with Gasteiger partial charge in [-0.1, -0.05) is 0 Å². The van der Waals surface area contributed by atoms with Crippen LogP contribution in [0, 0.1) is 11.5 Å². The van der Waals surface area contributed by atoms with Crippen molar-refractivity contribution in [1.82, 2.24) is 0 Å². The molecule has 0 aromatic heterocycles. The minimum atomic E-state index is 0. The number of aliphatic hydroxyl groups excluding tert-OH is 1.